The highest BCUT2D eigenvalue weighted by Gasteiger charge is 2.29. The highest BCUT2D eigenvalue weighted by Crippen LogP contribution is 2.26. The summed E-state index contributed by atoms with van der Waals surface area (Å²) in [5.74, 6) is 0.245. The fraction of sp³-hybridized carbons (Fsp3) is 0.444. The Morgan fingerprint density at radius 2 is 2.04 bits per heavy atom. The number of amides is 1. The molecule has 0 bridgehead atoms. The molecular weight excluding hydrogens is 292 g/mol. The van der Waals surface area contributed by atoms with Gasteiger partial charge in [-0.1, -0.05) is 55.8 Å². The number of hydrogen-bond acceptors (Lipinski definition) is 4. The molecule has 0 aliphatic rings. The van der Waals surface area contributed by atoms with Gasteiger partial charge in [-0.2, -0.15) is 0 Å². The van der Waals surface area contributed by atoms with E-state index in [0.29, 0.717) is 17.0 Å². The van der Waals surface area contributed by atoms with Crippen LogP contribution in [0.4, 0.5) is 0 Å². The molecule has 0 unspecified atom stereocenters. The SMILES string of the molecule is CC[C@@H](C)[C@](C)(O)CNC(=O)c1c(C)noc1-c1ccccc1. The Labute approximate surface area is 136 Å². The van der Waals surface area contributed by atoms with E-state index in [1.807, 2.05) is 44.2 Å². The normalized spacial score (nSPS) is 15.0. The molecule has 2 aromatic rings. The number of rotatable bonds is 6. The first-order chi connectivity index (χ1) is 10.9. The van der Waals surface area contributed by atoms with Crippen LogP contribution in [0.1, 0.15) is 43.2 Å². The number of carbonyl (C=O) groups is 1. The average Bonchev–Trinajstić information content (AvgIpc) is 2.94. The monoisotopic (exact) mass is 316 g/mol. The zero-order valence-corrected chi connectivity index (χ0v) is 14.1. The maximum Gasteiger partial charge on any atom is 0.257 e. The lowest BCUT2D eigenvalue weighted by Gasteiger charge is -2.29. The number of nitrogens with zero attached hydrogens (tertiary/aromatic N) is 1. The summed E-state index contributed by atoms with van der Waals surface area (Å²) in [6.45, 7) is 7.63. The Balaban J connectivity index is 2.19. The van der Waals surface area contributed by atoms with Crippen molar-refractivity contribution < 1.29 is 14.4 Å². The van der Waals surface area contributed by atoms with Gasteiger partial charge in [-0.25, -0.2) is 0 Å². The van der Waals surface area contributed by atoms with Gasteiger partial charge in [0.25, 0.3) is 5.91 Å². The van der Waals surface area contributed by atoms with Crippen molar-refractivity contribution in [3.63, 3.8) is 0 Å². The van der Waals surface area contributed by atoms with Gasteiger partial charge in [0.1, 0.15) is 5.56 Å². The van der Waals surface area contributed by atoms with E-state index < -0.39 is 5.60 Å². The summed E-state index contributed by atoms with van der Waals surface area (Å²) in [4.78, 5) is 12.6. The maximum atomic E-state index is 12.6. The zero-order valence-electron chi connectivity index (χ0n) is 14.1. The molecule has 5 heteroatoms. The molecule has 1 heterocycles. The molecule has 1 amide bonds. The first kappa shape index (κ1) is 17.2. The van der Waals surface area contributed by atoms with E-state index in [9.17, 15) is 9.90 Å². The zero-order chi connectivity index (χ0) is 17.0. The molecule has 0 fully saturated rings. The molecule has 23 heavy (non-hydrogen) atoms. The molecule has 2 N–H and O–H groups in total. The van der Waals surface area contributed by atoms with E-state index in [4.69, 9.17) is 4.52 Å². The van der Waals surface area contributed by atoms with Gasteiger partial charge in [-0.3, -0.25) is 4.79 Å². The number of aromatic nitrogens is 1. The summed E-state index contributed by atoms with van der Waals surface area (Å²) in [6.07, 6.45) is 0.838. The minimum Gasteiger partial charge on any atom is -0.388 e. The Morgan fingerprint density at radius 3 is 2.65 bits per heavy atom. The van der Waals surface area contributed by atoms with Gasteiger partial charge in [0.05, 0.1) is 11.3 Å². The molecule has 0 saturated heterocycles. The summed E-state index contributed by atoms with van der Waals surface area (Å²) in [5, 5.41) is 17.1. The number of carbonyl (C=O) groups excluding carboxylic acids is 1. The number of benzene rings is 1. The quantitative estimate of drug-likeness (QED) is 0.858. The van der Waals surface area contributed by atoms with E-state index >= 15 is 0 Å². The van der Waals surface area contributed by atoms with Crippen LogP contribution in [0.15, 0.2) is 34.9 Å². The number of aliphatic hydroxyl groups is 1. The van der Waals surface area contributed by atoms with Crippen molar-refractivity contribution in [2.24, 2.45) is 5.92 Å². The minimum absolute atomic E-state index is 0.0833. The third-order valence-electron chi connectivity index (χ3n) is 4.41. The standard InChI is InChI=1S/C18H24N2O3/c1-5-12(2)18(4,22)11-19-17(21)15-13(3)20-23-16(15)14-9-7-6-8-10-14/h6-10,12,22H,5,11H2,1-4H3,(H,19,21)/t12-,18-/m1/s1. The lowest BCUT2D eigenvalue weighted by atomic mass is 9.88. The third kappa shape index (κ3) is 3.79. The number of hydrogen-bond donors (Lipinski definition) is 2. The number of aryl methyl sites for hydroxylation is 1. The molecule has 0 saturated carbocycles. The largest absolute Gasteiger partial charge is 0.388 e. The molecule has 0 aliphatic carbocycles. The summed E-state index contributed by atoms with van der Waals surface area (Å²) < 4.78 is 5.33. The second kappa shape index (κ2) is 6.96. The van der Waals surface area contributed by atoms with Crippen molar-refractivity contribution in [2.75, 3.05) is 6.54 Å². The van der Waals surface area contributed by atoms with Crippen molar-refractivity contribution in [3.8, 4) is 11.3 Å². The van der Waals surface area contributed by atoms with Gasteiger partial charge in [0.15, 0.2) is 5.76 Å². The van der Waals surface area contributed by atoms with Crippen LogP contribution in [0.2, 0.25) is 0 Å². The van der Waals surface area contributed by atoms with Crippen LogP contribution in [0, 0.1) is 12.8 Å². The summed E-state index contributed by atoms with van der Waals surface area (Å²) in [5.41, 5.74) is 0.787. The van der Waals surface area contributed by atoms with Gasteiger partial charge in [-0.15, -0.1) is 0 Å². The van der Waals surface area contributed by atoms with Crippen LogP contribution < -0.4 is 5.32 Å². The van der Waals surface area contributed by atoms with Crippen molar-refractivity contribution >= 4 is 5.91 Å². The van der Waals surface area contributed by atoms with Crippen LogP contribution in [0.5, 0.6) is 0 Å². The van der Waals surface area contributed by atoms with Crippen LogP contribution in [-0.2, 0) is 0 Å². The Bertz CT molecular complexity index is 662. The van der Waals surface area contributed by atoms with E-state index in [2.05, 4.69) is 10.5 Å². The Hall–Kier alpha value is -2.14. The average molecular weight is 316 g/mol. The second-order valence-corrected chi connectivity index (χ2v) is 6.19. The van der Waals surface area contributed by atoms with Crippen LogP contribution >= 0.6 is 0 Å². The van der Waals surface area contributed by atoms with Crippen molar-refractivity contribution in [1.82, 2.24) is 10.5 Å². The van der Waals surface area contributed by atoms with Gasteiger partial charge < -0.3 is 14.9 Å². The van der Waals surface area contributed by atoms with Gasteiger partial charge in [-0.05, 0) is 19.8 Å². The smallest absolute Gasteiger partial charge is 0.257 e. The first-order valence-electron chi connectivity index (χ1n) is 7.89. The lowest BCUT2D eigenvalue weighted by molar-refractivity contribution is 0.00592. The van der Waals surface area contributed by atoms with E-state index in [0.717, 1.165) is 12.0 Å². The van der Waals surface area contributed by atoms with Crippen molar-refractivity contribution in [1.29, 1.82) is 0 Å². The fourth-order valence-corrected chi connectivity index (χ4v) is 2.39. The van der Waals surface area contributed by atoms with Crippen LogP contribution in [0.3, 0.4) is 0 Å². The number of nitrogens with one attached hydrogen (secondary N) is 1. The Kier molecular flexibility index (Phi) is 5.21. The summed E-state index contributed by atoms with van der Waals surface area (Å²) >= 11 is 0. The second-order valence-electron chi connectivity index (χ2n) is 6.19. The van der Waals surface area contributed by atoms with E-state index in [-0.39, 0.29) is 18.4 Å². The topological polar surface area (TPSA) is 75.4 Å². The van der Waals surface area contributed by atoms with Gasteiger partial charge in [0, 0.05) is 12.1 Å². The molecule has 1 aromatic heterocycles. The van der Waals surface area contributed by atoms with Gasteiger partial charge in [0.2, 0.25) is 0 Å². The highest BCUT2D eigenvalue weighted by molar-refractivity contribution is 6.00. The maximum absolute atomic E-state index is 12.6. The molecule has 124 valence electrons. The summed E-state index contributed by atoms with van der Waals surface area (Å²) in [7, 11) is 0. The third-order valence-corrected chi connectivity index (χ3v) is 4.41. The molecule has 0 aliphatic heterocycles. The molecule has 0 spiro atoms. The molecular formula is C18H24N2O3. The molecule has 2 atom stereocenters. The van der Waals surface area contributed by atoms with Crippen LogP contribution in [0.25, 0.3) is 11.3 Å². The first-order valence-corrected chi connectivity index (χ1v) is 7.89. The predicted octanol–water partition coefficient (Wildman–Crippen LogP) is 3.18. The molecule has 2 rings (SSSR count). The van der Waals surface area contributed by atoms with Gasteiger partial charge >= 0.3 is 0 Å². The molecule has 1 aromatic carbocycles. The van der Waals surface area contributed by atoms with Crippen LogP contribution in [-0.4, -0.2) is 28.3 Å². The van der Waals surface area contributed by atoms with Crippen molar-refractivity contribution in [2.45, 2.75) is 39.7 Å². The molecule has 0 radical (unpaired) electrons. The molecule has 5 nitrogen and oxygen atoms in total. The highest BCUT2D eigenvalue weighted by atomic mass is 16.5. The van der Waals surface area contributed by atoms with E-state index in [1.165, 1.54) is 0 Å². The van der Waals surface area contributed by atoms with Crippen molar-refractivity contribution in [3.05, 3.63) is 41.6 Å². The lowest BCUT2D eigenvalue weighted by Crippen LogP contribution is -2.45. The van der Waals surface area contributed by atoms with E-state index in [1.54, 1.807) is 13.8 Å². The fourth-order valence-electron chi connectivity index (χ4n) is 2.39. The summed E-state index contributed by atoms with van der Waals surface area (Å²) in [6, 6.07) is 9.39. The Morgan fingerprint density at radius 1 is 1.39 bits per heavy atom. The minimum atomic E-state index is -0.956. The predicted molar refractivity (Wildman–Crippen MR) is 89.1 cm³/mol.